The van der Waals surface area contributed by atoms with Gasteiger partial charge < -0.3 is 20.3 Å². The van der Waals surface area contributed by atoms with Crippen LogP contribution in [0.2, 0.25) is 0 Å². The minimum Gasteiger partial charge on any atom is -0.463 e. The molecule has 0 radical (unpaired) electrons. The highest BCUT2D eigenvalue weighted by Crippen LogP contribution is 2.23. The van der Waals surface area contributed by atoms with Crippen molar-refractivity contribution >= 4 is 28.5 Å². The monoisotopic (exact) mass is 367 g/mol. The van der Waals surface area contributed by atoms with E-state index >= 15 is 0 Å². The highest BCUT2D eigenvalue weighted by Gasteiger charge is 2.31. The van der Waals surface area contributed by atoms with Gasteiger partial charge in [0, 0.05) is 12.7 Å². The third-order valence-corrected chi connectivity index (χ3v) is 4.72. The molecule has 6 heteroatoms. The van der Waals surface area contributed by atoms with Crippen molar-refractivity contribution in [1.29, 1.82) is 0 Å². The fraction of sp³-hybridized carbons (Fsp3) is 0.333. The predicted molar refractivity (Wildman–Crippen MR) is 107 cm³/mol. The zero-order valence-electron chi connectivity index (χ0n) is 15.9. The van der Waals surface area contributed by atoms with Crippen molar-refractivity contribution in [1.82, 2.24) is 10.6 Å². The number of nitrogens with one attached hydrogen (secondary N) is 2. The Morgan fingerprint density at radius 1 is 1.15 bits per heavy atom. The van der Waals surface area contributed by atoms with Gasteiger partial charge in [0.25, 0.3) is 0 Å². The summed E-state index contributed by atoms with van der Waals surface area (Å²) in [5.74, 6) is -0.390. The van der Waals surface area contributed by atoms with Gasteiger partial charge in [0.05, 0.1) is 30.5 Å². The summed E-state index contributed by atoms with van der Waals surface area (Å²) in [6, 6.07) is 13.7. The van der Waals surface area contributed by atoms with Crippen molar-refractivity contribution in [3.63, 3.8) is 0 Å². The van der Waals surface area contributed by atoms with E-state index in [2.05, 4.69) is 34.9 Å². The van der Waals surface area contributed by atoms with Crippen LogP contribution < -0.4 is 15.5 Å². The molecule has 2 amide bonds. The van der Waals surface area contributed by atoms with Crippen molar-refractivity contribution in [2.75, 3.05) is 25.1 Å². The van der Waals surface area contributed by atoms with Gasteiger partial charge in [-0.2, -0.15) is 0 Å². The van der Waals surface area contributed by atoms with Crippen molar-refractivity contribution < 1.29 is 14.3 Å². The molecule has 0 unspecified atom stereocenters. The summed E-state index contributed by atoms with van der Waals surface area (Å²) in [6.45, 7) is 4.40. The molecule has 0 fully saturated rings. The molecule has 0 aliphatic carbocycles. The van der Waals surface area contributed by atoms with Crippen LogP contribution in [0.3, 0.4) is 0 Å². The van der Waals surface area contributed by atoms with E-state index in [1.54, 1.807) is 6.92 Å². The highest BCUT2D eigenvalue weighted by molar-refractivity contribution is 5.95. The lowest BCUT2D eigenvalue weighted by Crippen LogP contribution is -2.52. The second-order valence-corrected chi connectivity index (χ2v) is 6.56. The van der Waals surface area contributed by atoms with Crippen LogP contribution in [0.15, 0.2) is 53.7 Å². The molecule has 0 spiro atoms. The Bertz CT molecular complexity index is 891. The van der Waals surface area contributed by atoms with E-state index < -0.39 is 5.97 Å². The van der Waals surface area contributed by atoms with Gasteiger partial charge in [0.2, 0.25) is 0 Å². The van der Waals surface area contributed by atoms with Crippen LogP contribution in [-0.2, 0) is 9.53 Å². The van der Waals surface area contributed by atoms with Crippen molar-refractivity contribution in [3.05, 3.63) is 53.7 Å². The van der Waals surface area contributed by atoms with Crippen molar-refractivity contribution in [2.45, 2.75) is 26.3 Å². The number of ether oxygens (including phenoxy) is 1. The second kappa shape index (κ2) is 8.12. The van der Waals surface area contributed by atoms with Gasteiger partial charge in [-0.15, -0.1) is 0 Å². The molecular weight excluding hydrogens is 342 g/mol. The highest BCUT2D eigenvalue weighted by atomic mass is 16.5. The van der Waals surface area contributed by atoms with Gasteiger partial charge >= 0.3 is 12.0 Å². The van der Waals surface area contributed by atoms with Crippen LogP contribution in [0.25, 0.3) is 10.8 Å². The molecule has 27 heavy (non-hydrogen) atoms. The average Bonchev–Trinajstić information content (AvgIpc) is 2.67. The quantitative estimate of drug-likeness (QED) is 0.770. The van der Waals surface area contributed by atoms with E-state index in [4.69, 9.17) is 4.74 Å². The fourth-order valence-corrected chi connectivity index (χ4v) is 3.33. The Morgan fingerprint density at radius 3 is 2.59 bits per heavy atom. The van der Waals surface area contributed by atoms with Crippen molar-refractivity contribution in [3.8, 4) is 0 Å². The molecule has 6 nitrogen and oxygen atoms in total. The second-order valence-electron chi connectivity index (χ2n) is 6.56. The maximum absolute atomic E-state index is 12.5. The number of urea groups is 1. The van der Waals surface area contributed by atoms with Gasteiger partial charge in [-0.25, -0.2) is 9.59 Å². The molecule has 2 N–H and O–H groups in total. The number of likely N-dealkylation sites (N-methyl/N-ethyl adjacent to an activating group) is 1. The molecule has 1 atom stereocenters. The number of fused-ring (bicyclic) bond motifs is 1. The summed E-state index contributed by atoms with van der Waals surface area (Å²) in [5.41, 5.74) is 2.08. The van der Waals surface area contributed by atoms with Crippen LogP contribution in [0.4, 0.5) is 10.5 Å². The zero-order chi connectivity index (χ0) is 19.4. The number of amides is 2. The topological polar surface area (TPSA) is 70.7 Å². The van der Waals surface area contributed by atoms with Gasteiger partial charge in [0.15, 0.2) is 0 Å². The number of nitrogens with zero attached hydrogens (tertiary/aromatic N) is 1. The van der Waals surface area contributed by atoms with E-state index in [1.165, 1.54) is 5.39 Å². The first kappa shape index (κ1) is 18.8. The third kappa shape index (κ3) is 4.05. The summed E-state index contributed by atoms with van der Waals surface area (Å²) in [7, 11) is 1.94. The molecular formula is C21H25N3O3. The lowest BCUT2D eigenvalue weighted by Gasteiger charge is -2.31. The molecule has 2 aromatic carbocycles. The SMILES string of the molecule is CCOC(=O)C1=C(CN(C)c2ccc3ccccc3c2)NC(=O)N[C@@H]1CC. The van der Waals surface area contributed by atoms with Crippen LogP contribution in [0, 0.1) is 0 Å². The molecule has 3 rings (SSSR count). The van der Waals surface area contributed by atoms with Crippen LogP contribution >= 0.6 is 0 Å². The Kier molecular flexibility index (Phi) is 5.64. The summed E-state index contributed by atoms with van der Waals surface area (Å²) < 4.78 is 5.22. The predicted octanol–water partition coefficient (Wildman–Crippen LogP) is 3.18. The van der Waals surface area contributed by atoms with Crippen molar-refractivity contribution in [2.24, 2.45) is 0 Å². The molecule has 2 aromatic rings. The van der Waals surface area contributed by atoms with Crippen LogP contribution in [0.1, 0.15) is 20.3 Å². The van der Waals surface area contributed by atoms with Gasteiger partial charge in [0.1, 0.15) is 0 Å². The lowest BCUT2D eigenvalue weighted by atomic mass is 10.00. The Morgan fingerprint density at radius 2 is 1.89 bits per heavy atom. The van der Waals surface area contributed by atoms with E-state index in [0.29, 0.717) is 30.8 Å². The molecule has 1 aliphatic heterocycles. The zero-order valence-corrected chi connectivity index (χ0v) is 15.9. The average molecular weight is 367 g/mol. The van der Waals surface area contributed by atoms with Gasteiger partial charge in [-0.05, 0) is 36.2 Å². The summed E-state index contributed by atoms with van der Waals surface area (Å²) in [5, 5.41) is 7.90. The molecule has 0 saturated carbocycles. The summed E-state index contributed by atoms with van der Waals surface area (Å²) >= 11 is 0. The Balaban J connectivity index is 1.92. The number of rotatable bonds is 6. The first-order chi connectivity index (χ1) is 13.0. The molecule has 1 heterocycles. The maximum atomic E-state index is 12.5. The molecule has 1 aliphatic rings. The number of carbonyl (C=O) groups excluding carboxylic acids is 2. The number of anilines is 1. The molecule has 0 bridgehead atoms. The largest absolute Gasteiger partial charge is 0.463 e. The number of hydrogen-bond donors (Lipinski definition) is 2. The molecule has 0 saturated heterocycles. The maximum Gasteiger partial charge on any atom is 0.337 e. The first-order valence-electron chi connectivity index (χ1n) is 9.21. The number of benzene rings is 2. The lowest BCUT2D eigenvalue weighted by molar-refractivity contribution is -0.139. The summed E-state index contributed by atoms with van der Waals surface area (Å²) in [6.07, 6.45) is 0.616. The smallest absolute Gasteiger partial charge is 0.337 e. The van der Waals surface area contributed by atoms with E-state index in [1.807, 2.05) is 37.1 Å². The van der Waals surface area contributed by atoms with Gasteiger partial charge in [-0.3, -0.25) is 0 Å². The van der Waals surface area contributed by atoms with Crippen LogP contribution in [-0.4, -0.2) is 38.2 Å². The molecule has 0 aromatic heterocycles. The minimum atomic E-state index is -0.390. The van der Waals surface area contributed by atoms with E-state index in [-0.39, 0.29) is 12.1 Å². The van der Waals surface area contributed by atoms with E-state index in [0.717, 1.165) is 11.1 Å². The minimum absolute atomic E-state index is 0.292. The molecule has 142 valence electrons. The first-order valence-corrected chi connectivity index (χ1v) is 9.21. The number of esters is 1. The third-order valence-electron chi connectivity index (χ3n) is 4.72. The summed E-state index contributed by atoms with van der Waals surface area (Å²) in [4.78, 5) is 26.5. The van der Waals surface area contributed by atoms with Crippen LogP contribution in [0.5, 0.6) is 0 Å². The fourth-order valence-electron chi connectivity index (χ4n) is 3.33. The standard InChI is InChI=1S/C21H25N3O3/c1-4-17-19(20(25)27-5-2)18(23-21(26)22-17)13-24(3)16-11-10-14-8-6-7-9-15(14)12-16/h6-12,17H,4-5,13H2,1-3H3,(H2,22,23,26)/t17-/m1/s1. The number of carbonyl (C=O) groups is 2. The Labute approximate surface area is 159 Å². The number of hydrogen-bond acceptors (Lipinski definition) is 4. The normalized spacial score (nSPS) is 16.7. The van der Waals surface area contributed by atoms with Gasteiger partial charge in [-0.1, -0.05) is 37.3 Å². The Hall–Kier alpha value is -3.02. The van der Waals surface area contributed by atoms with E-state index in [9.17, 15) is 9.59 Å².